The van der Waals surface area contributed by atoms with Crippen LogP contribution in [0.4, 0.5) is 5.13 Å². The van der Waals surface area contributed by atoms with E-state index in [0.29, 0.717) is 30.9 Å². The summed E-state index contributed by atoms with van der Waals surface area (Å²) in [5, 5.41) is 23.6. The zero-order valence-electron chi connectivity index (χ0n) is 18.8. The van der Waals surface area contributed by atoms with Crippen LogP contribution in [0.25, 0.3) is 21.5 Å². The molecular formula is C22H21N7O3S2. The summed E-state index contributed by atoms with van der Waals surface area (Å²) in [5.74, 6) is 0.954. The molecule has 0 saturated heterocycles. The molecule has 0 spiro atoms. The minimum Gasteiger partial charge on any atom is -0.494 e. The number of hydrogen-bond acceptors (Lipinski definition) is 11. The van der Waals surface area contributed by atoms with Gasteiger partial charge in [-0.1, -0.05) is 0 Å². The Bertz CT molecular complexity index is 1410. The van der Waals surface area contributed by atoms with Crippen LogP contribution >= 0.6 is 22.7 Å². The van der Waals surface area contributed by atoms with Crippen molar-refractivity contribution in [3.8, 4) is 23.1 Å². The van der Waals surface area contributed by atoms with E-state index in [1.807, 2.05) is 30.4 Å². The molecule has 1 N–H and O–H groups in total. The average molecular weight is 496 g/mol. The van der Waals surface area contributed by atoms with Gasteiger partial charge in [-0.25, -0.2) is 9.97 Å². The zero-order valence-corrected chi connectivity index (χ0v) is 20.4. The number of hydrogen-bond donors (Lipinski definition) is 1. The lowest BCUT2D eigenvalue weighted by Crippen LogP contribution is -2.36. The minimum absolute atomic E-state index is 0.0595. The number of anilines is 1. The van der Waals surface area contributed by atoms with Crippen molar-refractivity contribution < 1.29 is 13.9 Å². The SMILES string of the molecule is COc1cc(-c2csc(N(C)C)n2)cc2sc(Cc3nnc(CC(=O)NC4(C#N)CC4)o3)nc12. The summed E-state index contributed by atoms with van der Waals surface area (Å²) in [6.07, 6.45) is 1.63. The molecule has 0 atom stereocenters. The highest BCUT2D eigenvalue weighted by Gasteiger charge is 2.44. The highest BCUT2D eigenvalue weighted by molar-refractivity contribution is 7.18. The van der Waals surface area contributed by atoms with Crippen LogP contribution in [0.2, 0.25) is 0 Å². The molecule has 0 unspecified atom stereocenters. The first-order valence-electron chi connectivity index (χ1n) is 10.5. The predicted molar refractivity (Wildman–Crippen MR) is 128 cm³/mol. The van der Waals surface area contributed by atoms with Gasteiger partial charge in [0, 0.05) is 25.0 Å². The van der Waals surface area contributed by atoms with Crippen LogP contribution in [0.15, 0.2) is 21.9 Å². The molecule has 1 aliphatic rings. The fourth-order valence-corrected chi connectivity index (χ4v) is 5.21. The first kappa shape index (κ1) is 22.2. The van der Waals surface area contributed by atoms with Gasteiger partial charge in [-0.3, -0.25) is 4.79 Å². The Balaban J connectivity index is 1.33. The van der Waals surface area contributed by atoms with Crippen molar-refractivity contribution in [1.82, 2.24) is 25.5 Å². The quantitative estimate of drug-likeness (QED) is 0.391. The van der Waals surface area contributed by atoms with E-state index in [-0.39, 0.29) is 18.2 Å². The van der Waals surface area contributed by atoms with Crippen molar-refractivity contribution in [3.63, 3.8) is 0 Å². The second-order valence-corrected chi connectivity index (χ2v) is 10.2. The number of ether oxygens (including phenoxy) is 1. The molecule has 0 bridgehead atoms. The molecule has 34 heavy (non-hydrogen) atoms. The number of aromatic nitrogens is 4. The normalized spacial score (nSPS) is 14.1. The Morgan fingerprint density at radius 2 is 2.09 bits per heavy atom. The molecule has 1 saturated carbocycles. The minimum atomic E-state index is -0.717. The van der Waals surface area contributed by atoms with Crippen LogP contribution in [0.5, 0.6) is 5.75 Å². The summed E-state index contributed by atoms with van der Waals surface area (Å²) < 4.78 is 12.2. The van der Waals surface area contributed by atoms with Gasteiger partial charge in [0.05, 0.1) is 30.0 Å². The molecule has 0 radical (unpaired) electrons. The van der Waals surface area contributed by atoms with Crippen LogP contribution < -0.4 is 15.0 Å². The summed E-state index contributed by atoms with van der Waals surface area (Å²) in [5.41, 5.74) is 1.89. The molecule has 3 heterocycles. The molecule has 1 aliphatic carbocycles. The Morgan fingerprint density at radius 3 is 2.76 bits per heavy atom. The van der Waals surface area contributed by atoms with E-state index in [2.05, 4.69) is 32.6 Å². The second-order valence-electron chi connectivity index (χ2n) is 8.23. The van der Waals surface area contributed by atoms with E-state index in [4.69, 9.17) is 19.4 Å². The number of carbonyl (C=O) groups is 1. The summed E-state index contributed by atoms with van der Waals surface area (Å²) in [6, 6.07) is 6.13. The fourth-order valence-electron chi connectivity index (χ4n) is 3.42. The van der Waals surface area contributed by atoms with Crippen molar-refractivity contribution in [3.05, 3.63) is 34.3 Å². The summed E-state index contributed by atoms with van der Waals surface area (Å²) in [4.78, 5) is 23.5. The smallest absolute Gasteiger partial charge is 0.230 e. The van der Waals surface area contributed by atoms with Crippen molar-refractivity contribution in [1.29, 1.82) is 5.26 Å². The predicted octanol–water partition coefficient (Wildman–Crippen LogP) is 3.18. The van der Waals surface area contributed by atoms with Gasteiger partial charge in [0.1, 0.15) is 28.2 Å². The van der Waals surface area contributed by atoms with Gasteiger partial charge in [-0.2, -0.15) is 5.26 Å². The van der Waals surface area contributed by atoms with E-state index < -0.39 is 5.54 Å². The Morgan fingerprint density at radius 1 is 1.29 bits per heavy atom. The molecule has 3 aromatic heterocycles. The number of methoxy groups -OCH3 is 1. The van der Waals surface area contributed by atoms with E-state index >= 15 is 0 Å². The van der Waals surface area contributed by atoms with Crippen LogP contribution in [0, 0.1) is 11.3 Å². The summed E-state index contributed by atoms with van der Waals surface area (Å²) in [6.45, 7) is 0. The monoisotopic (exact) mass is 495 g/mol. The van der Waals surface area contributed by atoms with Crippen LogP contribution in [0.1, 0.15) is 29.6 Å². The maximum atomic E-state index is 12.1. The lowest BCUT2D eigenvalue weighted by Gasteiger charge is -2.06. The molecule has 174 valence electrons. The topological polar surface area (TPSA) is 130 Å². The molecule has 1 fully saturated rings. The van der Waals surface area contributed by atoms with Gasteiger partial charge in [-0.05, 0) is 25.0 Å². The lowest BCUT2D eigenvalue weighted by molar-refractivity contribution is -0.121. The van der Waals surface area contributed by atoms with Gasteiger partial charge in [0.15, 0.2) is 5.13 Å². The van der Waals surface area contributed by atoms with Crippen LogP contribution in [-0.4, -0.2) is 52.8 Å². The maximum Gasteiger partial charge on any atom is 0.230 e. The molecule has 1 aromatic carbocycles. The fraction of sp³-hybridized carbons (Fsp3) is 0.364. The lowest BCUT2D eigenvalue weighted by atomic mass is 10.1. The van der Waals surface area contributed by atoms with Crippen molar-refractivity contribution in [2.75, 3.05) is 26.1 Å². The molecule has 1 amide bonds. The number of carbonyl (C=O) groups excluding carboxylic acids is 1. The number of nitrogens with one attached hydrogen (secondary N) is 1. The van der Waals surface area contributed by atoms with Gasteiger partial charge in [0.2, 0.25) is 17.7 Å². The molecule has 4 aromatic rings. The number of amides is 1. The second kappa shape index (κ2) is 8.66. The highest BCUT2D eigenvalue weighted by Crippen LogP contribution is 2.37. The molecule has 10 nitrogen and oxygen atoms in total. The molecule has 0 aliphatic heterocycles. The maximum absolute atomic E-state index is 12.1. The number of rotatable bonds is 8. The number of fused-ring (bicyclic) bond motifs is 1. The van der Waals surface area contributed by atoms with E-state index in [0.717, 1.165) is 31.6 Å². The van der Waals surface area contributed by atoms with Gasteiger partial charge < -0.3 is 19.4 Å². The Labute approximate surface area is 203 Å². The van der Waals surface area contributed by atoms with E-state index in [1.165, 1.54) is 11.3 Å². The van der Waals surface area contributed by atoms with Gasteiger partial charge >= 0.3 is 0 Å². The van der Waals surface area contributed by atoms with Crippen molar-refractivity contribution >= 4 is 43.9 Å². The Kier molecular flexibility index (Phi) is 5.66. The van der Waals surface area contributed by atoms with Crippen LogP contribution in [-0.2, 0) is 17.6 Å². The number of nitrogens with zero attached hydrogens (tertiary/aromatic N) is 6. The summed E-state index contributed by atoms with van der Waals surface area (Å²) >= 11 is 3.10. The third-order valence-corrected chi connectivity index (χ3v) is 7.37. The van der Waals surface area contributed by atoms with Crippen molar-refractivity contribution in [2.24, 2.45) is 0 Å². The van der Waals surface area contributed by atoms with Gasteiger partial charge in [0.25, 0.3) is 0 Å². The van der Waals surface area contributed by atoms with E-state index in [9.17, 15) is 4.79 Å². The largest absolute Gasteiger partial charge is 0.494 e. The first-order valence-corrected chi connectivity index (χ1v) is 12.2. The molecule has 12 heteroatoms. The average Bonchev–Trinajstić information content (AvgIpc) is 3.18. The number of benzene rings is 1. The third-order valence-electron chi connectivity index (χ3n) is 5.36. The van der Waals surface area contributed by atoms with Gasteiger partial charge in [-0.15, -0.1) is 32.9 Å². The third kappa shape index (κ3) is 4.44. The summed E-state index contributed by atoms with van der Waals surface area (Å²) in [7, 11) is 5.55. The zero-order chi connectivity index (χ0) is 23.9. The van der Waals surface area contributed by atoms with Crippen LogP contribution in [0.3, 0.4) is 0 Å². The standard InChI is InChI=1S/C22H21N7O3S2/c1-29(2)21-24-13(10-33-21)12-6-14(31-3)20-15(7-12)34-19(25-20)9-18-28-27-17(32-18)8-16(30)26-22(11-23)4-5-22/h6-7,10H,4-5,8-9H2,1-3H3,(H,26,30). The highest BCUT2D eigenvalue weighted by atomic mass is 32.1. The number of nitriles is 1. The Hall–Kier alpha value is -3.56. The number of thiazole rings is 2. The van der Waals surface area contributed by atoms with E-state index in [1.54, 1.807) is 18.4 Å². The molecular weight excluding hydrogens is 474 g/mol. The molecule has 5 rings (SSSR count). The van der Waals surface area contributed by atoms with Crippen molar-refractivity contribution in [2.45, 2.75) is 31.2 Å². The first-order chi connectivity index (χ1) is 16.4.